The predicted molar refractivity (Wildman–Crippen MR) is 30.0 cm³/mol. The van der Waals surface area contributed by atoms with E-state index < -0.39 is 0 Å². The molecule has 0 N–H and O–H groups in total. The summed E-state index contributed by atoms with van der Waals surface area (Å²) in [4.78, 5) is 0. The minimum absolute atomic E-state index is 0. The summed E-state index contributed by atoms with van der Waals surface area (Å²) >= 11 is 2.04. The topological polar surface area (TPSA) is 0 Å². The first-order valence-corrected chi connectivity index (χ1v) is 3.35. The molecule has 0 amide bonds. The van der Waals surface area contributed by atoms with E-state index >= 15 is 0 Å². The Morgan fingerprint density at radius 2 is 1.43 bits per heavy atom. The molecule has 0 unspecified atom stereocenters. The van der Waals surface area contributed by atoms with Crippen LogP contribution in [0.5, 0.6) is 0 Å². The van der Waals surface area contributed by atoms with Crippen molar-refractivity contribution in [2.24, 2.45) is 5.41 Å². The molecule has 0 nitrogen and oxygen atoms in total. The van der Waals surface area contributed by atoms with Gasteiger partial charge >= 0.3 is 52.4 Å². The molecule has 0 spiro atoms. The molecule has 0 aromatic rings. The van der Waals surface area contributed by atoms with Crippen LogP contribution in [-0.4, -0.2) is 21.7 Å². The summed E-state index contributed by atoms with van der Waals surface area (Å²) in [5, 5.41) is 0. The fourth-order valence-electron chi connectivity index (χ4n) is 0. The third-order valence-electron chi connectivity index (χ3n) is 0.750. The SMILES string of the molecule is CC(C)(C)[CH2][Mg+].[I-]. The van der Waals surface area contributed by atoms with Crippen LogP contribution in [0.1, 0.15) is 20.8 Å². The molecule has 0 aliphatic rings. The van der Waals surface area contributed by atoms with Gasteiger partial charge in [0.15, 0.2) is 0 Å². The largest absolute Gasteiger partial charge is 1.00 e. The van der Waals surface area contributed by atoms with Crippen LogP contribution in [0.4, 0.5) is 0 Å². The molecule has 40 valence electrons. The predicted octanol–water partition coefficient (Wildman–Crippen LogP) is -1.38. The zero-order valence-corrected chi connectivity index (χ0v) is 8.86. The van der Waals surface area contributed by atoms with Gasteiger partial charge in [-0.25, -0.2) is 0 Å². The van der Waals surface area contributed by atoms with Gasteiger partial charge in [0.2, 0.25) is 0 Å². The van der Waals surface area contributed by atoms with Crippen molar-refractivity contribution in [1.29, 1.82) is 0 Å². The van der Waals surface area contributed by atoms with Crippen LogP contribution in [-0.2, 0) is 0 Å². The summed E-state index contributed by atoms with van der Waals surface area (Å²) in [6.07, 6.45) is 0. The Balaban J connectivity index is 0. The molecular formula is C5H11IMg. The van der Waals surface area contributed by atoms with E-state index in [0.717, 1.165) is 0 Å². The van der Waals surface area contributed by atoms with Crippen molar-refractivity contribution in [2.75, 3.05) is 0 Å². The molecule has 0 bridgehead atoms. The van der Waals surface area contributed by atoms with E-state index in [1.54, 1.807) is 0 Å². The number of hydrogen-bond acceptors (Lipinski definition) is 0. The van der Waals surface area contributed by atoms with E-state index in [1.165, 1.54) is 4.55 Å². The van der Waals surface area contributed by atoms with Gasteiger partial charge in [0.25, 0.3) is 0 Å². The Bertz CT molecular complexity index is 37.8. The summed E-state index contributed by atoms with van der Waals surface area (Å²) in [6, 6.07) is 0. The molecule has 0 rings (SSSR count). The molecule has 0 radical (unpaired) electrons. The van der Waals surface area contributed by atoms with Crippen molar-refractivity contribution < 1.29 is 24.0 Å². The molecule has 0 aromatic carbocycles. The summed E-state index contributed by atoms with van der Waals surface area (Å²) in [5.74, 6) is 0. The van der Waals surface area contributed by atoms with Crippen molar-refractivity contribution in [3.05, 3.63) is 0 Å². The van der Waals surface area contributed by atoms with E-state index in [-0.39, 0.29) is 24.0 Å². The van der Waals surface area contributed by atoms with E-state index in [9.17, 15) is 0 Å². The van der Waals surface area contributed by atoms with Crippen molar-refractivity contribution >= 4 is 21.7 Å². The van der Waals surface area contributed by atoms with Gasteiger partial charge in [0.05, 0.1) is 0 Å². The van der Waals surface area contributed by atoms with Crippen molar-refractivity contribution in [3.63, 3.8) is 0 Å². The molecule has 7 heavy (non-hydrogen) atoms. The van der Waals surface area contributed by atoms with Crippen LogP contribution < -0.4 is 24.0 Å². The molecule has 0 saturated heterocycles. The third kappa shape index (κ3) is 11.2. The average Bonchev–Trinajstić information content (AvgIpc) is 1.35. The van der Waals surface area contributed by atoms with Crippen molar-refractivity contribution in [3.8, 4) is 0 Å². The molecule has 0 saturated carbocycles. The van der Waals surface area contributed by atoms with Crippen LogP contribution in [0, 0.1) is 5.41 Å². The maximum absolute atomic E-state index is 2.25. The van der Waals surface area contributed by atoms with Crippen LogP contribution in [0.3, 0.4) is 0 Å². The molecule has 0 aliphatic heterocycles. The van der Waals surface area contributed by atoms with Gasteiger partial charge in [-0.2, -0.15) is 0 Å². The van der Waals surface area contributed by atoms with Gasteiger partial charge in [0.1, 0.15) is 0 Å². The normalized spacial score (nSPS) is 10.4. The maximum Gasteiger partial charge on any atom is -1.00 e. The monoisotopic (exact) mass is 222 g/mol. The van der Waals surface area contributed by atoms with Gasteiger partial charge in [-0.1, -0.05) is 0 Å². The quantitative estimate of drug-likeness (QED) is 0.350. The van der Waals surface area contributed by atoms with Crippen molar-refractivity contribution in [2.45, 2.75) is 25.3 Å². The zero-order chi connectivity index (χ0) is 5.21. The van der Waals surface area contributed by atoms with Gasteiger partial charge in [-0.15, -0.1) is 0 Å². The van der Waals surface area contributed by atoms with Crippen LogP contribution in [0.2, 0.25) is 4.55 Å². The average molecular weight is 222 g/mol. The Labute approximate surface area is 75.9 Å². The summed E-state index contributed by atoms with van der Waals surface area (Å²) in [6.45, 7) is 6.75. The van der Waals surface area contributed by atoms with Gasteiger partial charge in [-0.05, 0) is 0 Å². The van der Waals surface area contributed by atoms with Gasteiger partial charge < -0.3 is 24.0 Å². The fourth-order valence-corrected chi connectivity index (χ4v) is 0. The smallest absolute Gasteiger partial charge is 1.00 e. The molecule has 0 heterocycles. The standard InChI is InChI=1S/C5H11.HI.Mg/c1-5(2,3)4;;/h1H2,2-4H3;1H;/q;;+1/p-1. The summed E-state index contributed by atoms with van der Waals surface area (Å²) < 4.78 is 1.30. The van der Waals surface area contributed by atoms with Crippen LogP contribution in [0.25, 0.3) is 0 Å². The van der Waals surface area contributed by atoms with E-state index in [4.69, 9.17) is 0 Å². The molecule has 0 aliphatic carbocycles. The third-order valence-corrected chi connectivity index (χ3v) is 2.25. The zero-order valence-electron chi connectivity index (χ0n) is 5.29. The second-order valence-corrected chi connectivity index (χ2v) is 3.31. The molecule has 2 heteroatoms. The maximum atomic E-state index is 2.25. The fraction of sp³-hybridized carbons (Fsp3) is 1.00. The molecule has 0 fully saturated rings. The second-order valence-electron chi connectivity index (χ2n) is 2.81. The van der Waals surface area contributed by atoms with Crippen molar-refractivity contribution in [1.82, 2.24) is 0 Å². The Hall–Kier alpha value is 1.50. The Kier molecular flexibility index (Phi) is 7.08. The first kappa shape index (κ1) is 11.3. The second kappa shape index (κ2) is 4.38. The van der Waals surface area contributed by atoms with Crippen LogP contribution in [0.15, 0.2) is 0 Å². The minimum atomic E-state index is 0. The van der Waals surface area contributed by atoms with Gasteiger partial charge in [-0.3, -0.25) is 0 Å². The summed E-state index contributed by atoms with van der Waals surface area (Å²) in [5.41, 5.74) is 0.554. The van der Waals surface area contributed by atoms with E-state index in [2.05, 4.69) is 20.8 Å². The molecule has 0 aromatic heterocycles. The first-order valence-electron chi connectivity index (χ1n) is 2.35. The number of hydrogen-bond donors (Lipinski definition) is 0. The number of halogens is 1. The Morgan fingerprint density at radius 1 is 1.29 bits per heavy atom. The van der Waals surface area contributed by atoms with E-state index in [0.29, 0.717) is 5.41 Å². The molecular weight excluding hydrogens is 211 g/mol. The summed E-state index contributed by atoms with van der Waals surface area (Å²) in [7, 11) is 0. The minimum Gasteiger partial charge on any atom is -1.00 e. The Morgan fingerprint density at radius 3 is 1.43 bits per heavy atom. The van der Waals surface area contributed by atoms with Gasteiger partial charge in [0, 0.05) is 0 Å². The van der Waals surface area contributed by atoms with E-state index in [1.807, 2.05) is 21.7 Å². The number of rotatable bonds is 0. The molecule has 0 atom stereocenters. The first-order chi connectivity index (χ1) is 2.56. The van der Waals surface area contributed by atoms with Crippen LogP contribution >= 0.6 is 0 Å².